The fourth-order valence-electron chi connectivity index (χ4n) is 3.87. The molecule has 0 unspecified atom stereocenters. The van der Waals surface area contributed by atoms with Crippen molar-refractivity contribution in [2.45, 2.75) is 51.3 Å². The van der Waals surface area contributed by atoms with E-state index in [1.165, 1.54) is 0 Å². The standard InChI is InChI=1S/C20H26N2O3/c1-6-11-22-18(24)16(17(23)21-19(2,3)4)14-12-20(22,5)25-15-10-8-7-9-13(14)15/h6-10,14,16H,1,11-12H2,2-5H3,(H,21,23)/t14-,16+,20-/m0/s1. The summed E-state index contributed by atoms with van der Waals surface area (Å²) < 4.78 is 6.18. The van der Waals surface area contributed by atoms with Crippen molar-refractivity contribution in [3.63, 3.8) is 0 Å². The van der Waals surface area contributed by atoms with Gasteiger partial charge in [0.2, 0.25) is 11.8 Å². The van der Waals surface area contributed by atoms with Crippen LogP contribution in [0.5, 0.6) is 5.75 Å². The second-order valence-electron chi connectivity index (χ2n) is 8.08. The Hall–Kier alpha value is -2.30. The van der Waals surface area contributed by atoms with E-state index in [0.717, 1.165) is 11.3 Å². The van der Waals surface area contributed by atoms with E-state index in [4.69, 9.17) is 4.74 Å². The van der Waals surface area contributed by atoms with E-state index in [1.54, 1.807) is 11.0 Å². The average Bonchev–Trinajstić information content (AvgIpc) is 2.49. The number of likely N-dealkylation sites (tertiary alicyclic amines) is 1. The number of hydrogen-bond acceptors (Lipinski definition) is 3. The summed E-state index contributed by atoms with van der Waals surface area (Å²) >= 11 is 0. The summed E-state index contributed by atoms with van der Waals surface area (Å²) in [5, 5.41) is 2.98. The first kappa shape index (κ1) is 17.5. The first-order valence-electron chi connectivity index (χ1n) is 8.68. The fraction of sp³-hybridized carbons (Fsp3) is 0.500. The Morgan fingerprint density at radius 2 is 2.12 bits per heavy atom. The lowest BCUT2D eigenvalue weighted by molar-refractivity contribution is -0.174. The van der Waals surface area contributed by atoms with Crippen molar-refractivity contribution >= 4 is 11.8 Å². The van der Waals surface area contributed by atoms with Gasteiger partial charge in [-0.1, -0.05) is 24.3 Å². The van der Waals surface area contributed by atoms with Crippen molar-refractivity contribution in [3.05, 3.63) is 42.5 Å². The van der Waals surface area contributed by atoms with Crippen molar-refractivity contribution in [2.24, 2.45) is 5.92 Å². The third kappa shape index (κ3) is 3.03. The van der Waals surface area contributed by atoms with Gasteiger partial charge in [-0.25, -0.2) is 0 Å². The molecule has 2 aliphatic heterocycles. The van der Waals surface area contributed by atoms with Gasteiger partial charge in [-0.3, -0.25) is 9.59 Å². The number of nitrogens with zero attached hydrogens (tertiary/aromatic N) is 1. The largest absolute Gasteiger partial charge is 0.468 e. The lowest BCUT2D eigenvalue weighted by Gasteiger charge is -2.52. The zero-order chi connectivity index (χ0) is 18.4. The molecule has 1 aromatic rings. The van der Waals surface area contributed by atoms with Crippen molar-refractivity contribution < 1.29 is 14.3 Å². The Labute approximate surface area is 149 Å². The second-order valence-corrected chi connectivity index (χ2v) is 8.08. The Balaban J connectivity index is 2.07. The third-order valence-corrected chi connectivity index (χ3v) is 4.84. The number of nitrogens with one attached hydrogen (secondary N) is 1. The topological polar surface area (TPSA) is 58.6 Å². The van der Waals surface area contributed by atoms with Gasteiger partial charge in [0.05, 0.1) is 0 Å². The maximum atomic E-state index is 13.2. The highest BCUT2D eigenvalue weighted by atomic mass is 16.5. The van der Waals surface area contributed by atoms with E-state index in [1.807, 2.05) is 52.0 Å². The third-order valence-electron chi connectivity index (χ3n) is 4.84. The molecular weight excluding hydrogens is 316 g/mol. The molecule has 0 radical (unpaired) electrons. The molecule has 0 aromatic heterocycles. The Morgan fingerprint density at radius 3 is 2.76 bits per heavy atom. The molecule has 3 atom stereocenters. The number of hydrogen-bond donors (Lipinski definition) is 1. The van der Waals surface area contributed by atoms with Crippen LogP contribution in [0, 0.1) is 5.92 Å². The highest BCUT2D eigenvalue weighted by Crippen LogP contribution is 2.50. The molecule has 2 aliphatic rings. The monoisotopic (exact) mass is 342 g/mol. The van der Waals surface area contributed by atoms with E-state index < -0.39 is 17.2 Å². The van der Waals surface area contributed by atoms with Gasteiger partial charge < -0.3 is 15.0 Å². The van der Waals surface area contributed by atoms with Crippen LogP contribution < -0.4 is 10.1 Å². The normalized spacial score (nSPS) is 28.0. The van der Waals surface area contributed by atoms with Crippen LogP contribution in [0.3, 0.4) is 0 Å². The minimum atomic E-state index is -0.761. The minimum Gasteiger partial charge on any atom is -0.468 e. The van der Waals surface area contributed by atoms with E-state index in [9.17, 15) is 9.59 Å². The first-order chi connectivity index (χ1) is 11.7. The van der Waals surface area contributed by atoms with Crippen LogP contribution >= 0.6 is 0 Å². The van der Waals surface area contributed by atoms with Gasteiger partial charge in [-0.15, -0.1) is 6.58 Å². The number of piperidine rings is 1. The molecule has 25 heavy (non-hydrogen) atoms. The molecule has 0 saturated carbocycles. The average molecular weight is 342 g/mol. The lowest BCUT2D eigenvalue weighted by atomic mass is 9.73. The number of carbonyl (C=O) groups excluding carboxylic acids is 2. The maximum Gasteiger partial charge on any atom is 0.239 e. The molecule has 1 aromatic carbocycles. The van der Waals surface area contributed by atoms with Crippen LogP contribution in [0.25, 0.3) is 0 Å². The van der Waals surface area contributed by atoms with E-state index in [0.29, 0.717) is 13.0 Å². The lowest BCUT2D eigenvalue weighted by Crippen LogP contribution is -2.65. The summed E-state index contributed by atoms with van der Waals surface area (Å²) in [7, 11) is 0. The molecule has 134 valence electrons. The number of carbonyl (C=O) groups is 2. The van der Waals surface area contributed by atoms with Crippen LogP contribution in [0.4, 0.5) is 0 Å². The van der Waals surface area contributed by atoms with Crippen LogP contribution in [0.2, 0.25) is 0 Å². The fourth-order valence-corrected chi connectivity index (χ4v) is 3.87. The van der Waals surface area contributed by atoms with Crippen molar-refractivity contribution in [1.82, 2.24) is 10.2 Å². The van der Waals surface area contributed by atoms with Crippen LogP contribution in [-0.2, 0) is 9.59 Å². The molecular formula is C20H26N2O3. The second kappa shape index (κ2) is 5.90. The van der Waals surface area contributed by atoms with E-state index >= 15 is 0 Å². The molecule has 0 spiro atoms. The molecule has 0 aliphatic carbocycles. The van der Waals surface area contributed by atoms with Crippen LogP contribution in [-0.4, -0.2) is 34.5 Å². The Bertz CT molecular complexity index is 722. The van der Waals surface area contributed by atoms with Crippen LogP contribution in [0.1, 0.15) is 45.6 Å². The van der Waals surface area contributed by atoms with Crippen molar-refractivity contribution in [1.29, 1.82) is 0 Å². The quantitative estimate of drug-likeness (QED) is 0.679. The zero-order valence-corrected chi connectivity index (χ0v) is 15.3. The van der Waals surface area contributed by atoms with Gasteiger partial charge in [-0.2, -0.15) is 0 Å². The summed E-state index contributed by atoms with van der Waals surface area (Å²) in [5.74, 6) is -0.621. The molecule has 5 heteroatoms. The van der Waals surface area contributed by atoms with Crippen LogP contribution in [0.15, 0.2) is 36.9 Å². The SMILES string of the molecule is C=CCN1C(=O)[C@@H](C(=O)NC(C)(C)C)[C@H]2C[C@]1(C)Oc1ccccc12. The number of benzene rings is 1. The predicted octanol–water partition coefficient (Wildman–Crippen LogP) is 2.83. The van der Waals surface area contributed by atoms with Gasteiger partial charge in [0.15, 0.2) is 5.72 Å². The highest BCUT2D eigenvalue weighted by Gasteiger charge is 2.55. The molecule has 2 amide bonds. The molecule has 1 fully saturated rings. The molecule has 3 rings (SSSR count). The summed E-state index contributed by atoms with van der Waals surface area (Å²) in [6.45, 7) is 11.8. The minimum absolute atomic E-state index is 0.189. The Morgan fingerprint density at radius 1 is 1.44 bits per heavy atom. The zero-order valence-electron chi connectivity index (χ0n) is 15.3. The first-order valence-corrected chi connectivity index (χ1v) is 8.68. The van der Waals surface area contributed by atoms with Gasteiger partial charge in [0.1, 0.15) is 11.7 Å². The smallest absolute Gasteiger partial charge is 0.239 e. The van der Waals surface area contributed by atoms with E-state index in [-0.39, 0.29) is 17.7 Å². The van der Waals surface area contributed by atoms with Gasteiger partial charge in [0.25, 0.3) is 0 Å². The maximum absolute atomic E-state index is 13.2. The van der Waals surface area contributed by atoms with Crippen molar-refractivity contribution in [2.75, 3.05) is 6.54 Å². The molecule has 1 N–H and O–H groups in total. The van der Waals surface area contributed by atoms with E-state index in [2.05, 4.69) is 11.9 Å². The molecule has 2 bridgehead atoms. The predicted molar refractivity (Wildman–Crippen MR) is 96.1 cm³/mol. The number of rotatable bonds is 3. The summed E-state index contributed by atoms with van der Waals surface area (Å²) in [5.41, 5.74) is -0.227. The summed E-state index contributed by atoms with van der Waals surface area (Å²) in [4.78, 5) is 27.8. The highest BCUT2D eigenvalue weighted by molar-refractivity contribution is 6.02. The number of amides is 2. The van der Waals surface area contributed by atoms with Crippen molar-refractivity contribution in [3.8, 4) is 5.75 Å². The Kier molecular flexibility index (Phi) is 4.13. The van der Waals surface area contributed by atoms with Gasteiger partial charge in [-0.05, 0) is 39.3 Å². The number of ether oxygens (including phenoxy) is 1. The summed E-state index contributed by atoms with van der Waals surface area (Å²) in [6, 6.07) is 7.69. The van der Waals surface area contributed by atoms with Gasteiger partial charge >= 0.3 is 0 Å². The molecule has 5 nitrogen and oxygen atoms in total. The molecule has 2 heterocycles. The summed E-state index contributed by atoms with van der Waals surface area (Å²) in [6.07, 6.45) is 2.26. The van der Waals surface area contributed by atoms with Gasteiger partial charge in [0, 0.05) is 24.4 Å². The molecule has 1 saturated heterocycles. The number of fused-ring (bicyclic) bond motifs is 4. The number of para-hydroxylation sites is 1.